The average molecular weight is 312 g/mol. The summed E-state index contributed by atoms with van der Waals surface area (Å²) in [5.74, 6) is -0.332. The molecule has 0 aliphatic carbocycles. The van der Waals surface area contributed by atoms with Crippen molar-refractivity contribution < 1.29 is 4.79 Å². The Morgan fingerprint density at radius 2 is 2.27 bits per heavy atom. The predicted octanol–water partition coefficient (Wildman–Crippen LogP) is 2.67. The van der Waals surface area contributed by atoms with Crippen molar-refractivity contribution >= 4 is 27.5 Å². The van der Waals surface area contributed by atoms with Crippen molar-refractivity contribution in [1.29, 1.82) is 0 Å². The number of amides is 1. The van der Waals surface area contributed by atoms with Gasteiger partial charge in [-0.15, -0.1) is 6.58 Å². The first-order chi connectivity index (χ1) is 10.6. The Labute approximate surface area is 131 Å². The summed E-state index contributed by atoms with van der Waals surface area (Å²) in [5.41, 5.74) is 2.59. The molecule has 1 amide bonds. The van der Waals surface area contributed by atoms with E-state index in [0.717, 1.165) is 10.2 Å². The van der Waals surface area contributed by atoms with Crippen LogP contribution in [0.15, 0.2) is 48.1 Å². The molecule has 0 atom stereocenters. The van der Waals surface area contributed by atoms with Gasteiger partial charge in [-0.1, -0.05) is 23.5 Å². The van der Waals surface area contributed by atoms with E-state index in [2.05, 4.69) is 34.9 Å². The fraction of sp³-hybridized carbons (Fsp3) is 0.188. The van der Waals surface area contributed by atoms with E-state index in [4.69, 9.17) is 0 Å². The van der Waals surface area contributed by atoms with E-state index in [-0.39, 0.29) is 5.91 Å². The molecule has 0 bridgehead atoms. The van der Waals surface area contributed by atoms with Gasteiger partial charge in [-0.2, -0.15) is 10.1 Å². The van der Waals surface area contributed by atoms with E-state index >= 15 is 0 Å². The fourth-order valence-electron chi connectivity index (χ4n) is 2.24. The monoisotopic (exact) mass is 312 g/mol. The highest BCUT2D eigenvalue weighted by atomic mass is 32.1. The molecule has 0 radical (unpaired) electrons. The second-order valence-corrected chi connectivity index (χ2v) is 6.06. The third-order valence-electron chi connectivity index (χ3n) is 3.28. The molecule has 0 aliphatic heterocycles. The first-order valence-electron chi connectivity index (χ1n) is 6.88. The van der Waals surface area contributed by atoms with Gasteiger partial charge in [0.15, 0.2) is 10.5 Å². The van der Waals surface area contributed by atoms with Crippen molar-refractivity contribution in [1.82, 2.24) is 14.3 Å². The number of aromatic nitrogens is 3. The highest BCUT2D eigenvalue weighted by Gasteiger charge is 2.10. The van der Waals surface area contributed by atoms with Crippen LogP contribution in [0.2, 0.25) is 0 Å². The molecule has 0 saturated carbocycles. The van der Waals surface area contributed by atoms with Crippen LogP contribution in [0.25, 0.3) is 10.2 Å². The maximum Gasteiger partial charge on any atom is 0.300 e. The number of rotatable bonds is 3. The van der Waals surface area contributed by atoms with Gasteiger partial charge in [-0.05, 0) is 30.7 Å². The summed E-state index contributed by atoms with van der Waals surface area (Å²) in [7, 11) is 1.77. The SMILES string of the molecule is C=CCn1c(=NC(=O)c2ccn(C)n2)sc2cc(C)ccc21. The van der Waals surface area contributed by atoms with Gasteiger partial charge >= 0.3 is 0 Å². The van der Waals surface area contributed by atoms with E-state index in [1.807, 2.05) is 11.5 Å². The van der Waals surface area contributed by atoms with Gasteiger partial charge in [-0.3, -0.25) is 9.48 Å². The third kappa shape index (κ3) is 2.65. The zero-order valence-electron chi connectivity index (χ0n) is 12.5. The Hall–Kier alpha value is -2.47. The lowest BCUT2D eigenvalue weighted by Crippen LogP contribution is -2.16. The zero-order chi connectivity index (χ0) is 15.7. The van der Waals surface area contributed by atoms with Crippen LogP contribution in [0.1, 0.15) is 16.1 Å². The smallest absolute Gasteiger partial charge is 0.300 e. The molecule has 0 spiro atoms. The van der Waals surface area contributed by atoms with Crippen LogP contribution < -0.4 is 4.80 Å². The average Bonchev–Trinajstić information content (AvgIpc) is 3.04. The number of hydrogen-bond donors (Lipinski definition) is 0. The molecule has 6 heteroatoms. The molecule has 0 N–H and O–H groups in total. The number of benzene rings is 1. The second kappa shape index (κ2) is 5.73. The molecule has 3 rings (SSSR count). The van der Waals surface area contributed by atoms with Gasteiger partial charge in [-0.25, -0.2) is 0 Å². The number of fused-ring (bicyclic) bond motifs is 1. The molecule has 0 unspecified atom stereocenters. The highest BCUT2D eigenvalue weighted by molar-refractivity contribution is 7.16. The maximum atomic E-state index is 12.3. The lowest BCUT2D eigenvalue weighted by molar-refractivity contribution is 0.0992. The van der Waals surface area contributed by atoms with Gasteiger partial charge in [0.25, 0.3) is 5.91 Å². The van der Waals surface area contributed by atoms with Gasteiger partial charge in [0.05, 0.1) is 10.2 Å². The fourth-order valence-corrected chi connectivity index (χ4v) is 3.38. The van der Waals surface area contributed by atoms with Crippen LogP contribution >= 0.6 is 11.3 Å². The number of aryl methyl sites for hydroxylation is 2. The highest BCUT2D eigenvalue weighted by Crippen LogP contribution is 2.19. The minimum absolute atomic E-state index is 0.332. The zero-order valence-corrected chi connectivity index (χ0v) is 13.3. The van der Waals surface area contributed by atoms with Crippen LogP contribution in [0.4, 0.5) is 0 Å². The molecular formula is C16H16N4OS. The van der Waals surface area contributed by atoms with Crippen LogP contribution in [0.5, 0.6) is 0 Å². The van der Waals surface area contributed by atoms with E-state index in [1.165, 1.54) is 16.9 Å². The lowest BCUT2D eigenvalue weighted by Gasteiger charge is -2.00. The molecule has 0 aliphatic rings. The predicted molar refractivity (Wildman–Crippen MR) is 87.9 cm³/mol. The van der Waals surface area contributed by atoms with E-state index < -0.39 is 0 Å². The third-order valence-corrected chi connectivity index (χ3v) is 4.32. The van der Waals surface area contributed by atoms with Crippen molar-refractivity contribution in [3.05, 3.63) is 59.2 Å². The first kappa shape index (κ1) is 14.5. The first-order valence-corrected chi connectivity index (χ1v) is 7.70. The Balaban J connectivity index is 2.16. The Bertz CT molecular complexity index is 929. The number of carbonyl (C=O) groups excluding carboxylic acids is 1. The number of hydrogen-bond acceptors (Lipinski definition) is 3. The molecule has 5 nitrogen and oxygen atoms in total. The molecule has 0 fully saturated rings. The van der Waals surface area contributed by atoms with Crippen molar-refractivity contribution in [2.45, 2.75) is 13.5 Å². The Morgan fingerprint density at radius 3 is 2.95 bits per heavy atom. The van der Waals surface area contributed by atoms with E-state index in [9.17, 15) is 4.79 Å². The number of nitrogens with zero attached hydrogens (tertiary/aromatic N) is 4. The molecule has 3 aromatic rings. The van der Waals surface area contributed by atoms with Crippen molar-refractivity contribution in [2.24, 2.45) is 12.0 Å². The summed E-state index contributed by atoms with van der Waals surface area (Å²) in [6, 6.07) is 7.87. The number of thiazole rings is 1. The molecule has 22 heavy (non-hydrogen) atoms. The van der Waals surface area contributed by atoms with Gasteiger partial charge in [0, 0.05) is 19.8 Å². The molecular weight excluding hydrogens is 296 g/mol. The van der Waals surface area contributed by atoms with Gasteiger partial charge in [0.1, 0.15) is 0 Å². The quantitative estimate of drug-likeness (QED) is 0.698. The molecule has 2 heterocycles. The summed E-state index contributed by atoms with van der Waals surface area (Å²) < 4.78 is 4.69. The van der Waals surface area contributed by atoms with Crippen LogP contribution in [0.3, 0.4) is 0 Å². The molecule has 0 saturated heterocycles. The lowest BCUT2D eigenvalue weighted by atomic mass is 10.2. The van der Waals surface area contributed by atoms with Crippen LogP contribution in [-0.4, -0.2) is 20.3 Å². The normalized spacial score (nSPS) is 12.0. The second-order valence-electron chi connectivity index (χ2n) is 5.05. The molecule has 1 aromatic carbocycles. The largest absolute Gasteiger partial charge is 0.312 e. The summed E-state index contributed by atoms with van der Waals surface area (Å²) in [6.07, 6.45) is 3.53. The Kier molecular flexibility index (Phi) is 3.77. The topological polar surface area (TPSA) is 52.2 Å². The van der Waals surface area contributed by atoms with Crippen molar-refractivity contribution in [3.63, 3.8) is 0 Å². The maximum absolute atomic E-state index is 12.3. The van der Waals surface area contributed by atoms with Crippen LogP contribution in [0, 0.1) is 6.92 Å². The van der Waals surface area contributed by atoms with Gasteiger partial charge < -0.3 is 4.57 Å². The minimum Gasteiger partial charge on any atom is -0.312 e. The summed E-state index contributed by atoms with van der Waals surface area (Å²) in [4.78, 5) is 17.2. The Morgan fingerprint density at radius 1 is 1.45 bits per heavy atom. The summed E-state index contributed by atoms with van der Waals surface area (Å²) >= 11 is 1.50. The molecule has 2 aromatic heterocycles. The van der Waals surface area contributed by atoms with Crippen molar-refractivity contribution in [3.8, 4) is 0 Å². The summed E-state index contributed by atoms with van der Waals surface area (Å²) in [6.45, 7) is 6.44. The minimum atomic E-state index is -0.332. The molecule has 112 valence electrons. The standard InChI is InChI=1S/C16H16N4OS/c1-4-8-20-13-6-5-11(2)10-14(13)22-16(20)17-15(21)12-7-9-19(3)18-12/h4-7,9-10H,1,8H2,2-3H3. The summed E-state index contributed by atoms with van der Waals surface area (Å²) in [5, 5.41) is 4.10. The van der Waals surface area contributed by atoms with Crippen LogP contribution in [-0.2, 0) is 13.6 Å². The van der Waals surface area contributed by atoms with Crippen molar-refractivity contribution in [2.75, 3.05) is 0 Å². The number of carbonyl (C=O) groups is 1. The van der Waals surface area contributed by atoms with Gasteiger partial charge in [0.2, 0.25) is 0 Å². The number of allylic oxidation sites excluding steroid dienone is 1. The van der Waals surface area contributed by atoms with E-state index in [1.54, 1.807) is 30.1 Å². The van der Waals surface area contributed by atoms with E-state index in [0.29, 0.717) is 17.0 Å².